The molecule has 0 fully saturated rings. The molecule has 0 radical (unpaired) electrons. The summed E-state index contributed by atoms with van der Waals surface area (Å²) in [7, 11) is 0. The second-order valence-corrected chi connectivity index (χ2v) is 5.98. The van der Waals surface area contributed by atoms with E-state index in [4.69, 9.17) is 0 Å². The lowest BCUT2D eigenvalue weighted by Gasteiger charge is -2.17. The van der Waals surface area contributed by atoms with E-state index in [-0.39, 0.29) is 12.5 Å². The van der Waals surface area contributed by atoms with Gasteiger partial charge in [-0.15, -0.1) is 0 Å². The molecule has 1 unspecified atom stereocenters. The molecule has 1 atom stereocenters. The Labute approximate surface area is 123 Å². The SMILES string of the molecule is Cc1ccc(C)c(CC(CO)c2cccc(Br)c2)c1. The first-order valence-electron chi connectivity index (χ1n) is 6.52. The van der Waals surface area contributed by atoms with E-state index in [1.54, 1.807) is 0 Å². The predicted octanol–water partition coefficient (Wildman–Crippen LogP) is 4.38. The van der Waals surface area contributed by atoms with Gasteiger partial charge in [0.15, 0.2) is 0 Å². The third kappa shape index (κ3) is 3.68. The summed E-state index contributed by atoms with van der Waals surface area (Å²) in [6.45, 7) is 4.41. The van der Waals surface area contributed by atoms with Gasteiger partial charge in [0.05, 0.1) is 6.61 Å². The van der Waals surface area contributed by atoms with Crippen molar-refractivity contribution in [3.05, 3.63) is 69.2 Å². The van der Waals surface area contributed by atoms with E-state index < -0.39 is 0 Å². The molecule has 0 amide bonds. The summed E-state index contributed by atoms with van der Waals surface area (Å²) in [5.74, 6) is 0.151. The van der Waals surface area contributed by atoms with Crippen molar-refractivity contribution < 1.29 is 5.11 Å². The number of aliphatic hydroxyl groups excluding tert-OH is 1. The maximum atomic E-state index is 9.68. The van der Waals surface area contributed by atoms with Gasteiger partial charge < -0.3 is 5.11 Å². The third-order valence-electron chi connectivity index (χ3n) is 3.51. The normalized spacial score (nSPS) is 12.4. The molecule has 0 aromatic heterocycles. The molecular formula is C17H19BrO. The van der Waals surface area contributed by atoms with Crippen LogP contribution in [0.2, 0.25) is 0 Å². The Kier molecular flexibility index (Phi) is 4.78. The fraction of sp³-hybridized carbons (Fsp3) is 0.294. The van der Waals surface area contributed by atoms with Crippen molar-refractivity contribution >= 4 is 15.9 Å². The van der Waals surface area contributed by atoms with Crippen LogP contribution in [-0.2, 0) is 6.42 Å². The fourth-order valence-corrected chi connectivity index (χ4v) is 2.75. The molecule has 0 aliphatic heterocycles. The number of hydrogen-bond donors (Lipinski definition) is 1. The molecule has 1 nitrogen and oxygen atoms in total. The molecule has 0 saturated carbocycles. The van der Waals surface area contributed by atoms with Crippen LogP contribution >= 0.6 is 15.9 Å². The highest BCUT2D eigenvalue weighted by atomic mass is 79.9. The first kappa shape index (κ1) is 14.3. The van der Waals surface area contributed by atoms with Gasteiger partial charge in [-0.2, -0.15) is 0 Å². The minimum Gasteiger partial charge on any atom is -0.396 e. The maximum absolute atomic E-state index is 9.68. The Morgan fingerprint density at radius 2 is 1.89 bits per heavy atom. The molecule has 19 heavy (non-hydrogen) atoms. The van der Waals surface area contributed by atoms with Crippen LogP contribution in [0.3, 0.4) is 0 Å². The highest BCUT2D eigenvalue weighted by Gasteiger charge is 2.13. The lowest BCUT2D eigenvalue weighted by molar-refractivity contribution is 0.264. The van der Waals surface area contributed by atoms with Crippen LogP contribution in [0.25, 0.3) is 0 Å². The van der Waals surface area contributed by atoms with Crippen molar-refractivity contribution in [3.8, 4) is 0 Å². The van der Waals surface area contributed by atoms with Crippen molar-refractivity contribution in [1.29, 1.82) is 0 Å². The van der Waals surface area contributed by atoms with Gasteiger partial charge in [-0.3, -0.25) is 0 Å². The van der Waals surface area contributed by atoms with Crippen LogP contribution in [-0.4, -0.2) is 11.7 Å². The Bertz CT molecular complexity index is 563. The first-order chi connectivity index (χ1) is 9.10. The van der Waals surface area contributed by atoms with E-state index in [0.717, 1.165) is 10.9 Å². The quantitative estimate of drug-likeness (QED) is 0.886. The van der Waals surface area contributed by atoms with Gasteiger partial charge in [0.2, 0.25) is 0 Å². The lowest BCUT2D eigenvalue weighted by Crippen LogP contribution is -2.09. The van der Waals surface area contributed by atoms with Crippen LogP contribution in [0.1, 0.15) is 28.2 Å². The zero-order valence-corrected chi connectivity index (χ0v) is 12.9. The number of halogens is 1. The van der Waals surface area contributed by atoms with E-state index in [0.29, 0.717) is 0 Å². The number of hydrogen-bond acceptors (Lipinski definition) is 1. The minimum atomic E-state index is 0.151. The van der Waals surface area contributed by atoms with Crippen molar-refractivity contribution in [2.75, 3.05) is 6.61 Å². The highest BCUT2D eigenvalue weighted by molar-refractivity contribution is 9.10. The zero-order chi connectivity index (χ0) is 13.8. The van der Waals surface area contributed by atoms with Gasteiger partial charge in [0.25, 0.3) is 0 Å². The lowest BCUT2D eigenvalue weighted by atomic mass is 9.90. The molecule has 0 spiro atoms. The second kappa shape index (κ2) is 6.36. The average molecular weight is 319 g/mol. The van der Waals surface area contributed by atoms with Gasteiger partial charge in [0, 0.05) is 10.4 Å². The van der Waals surface area contributed by atoms with Gasteiger partial charge in [-0.1, -0.05) is 51.8 Å². The Hall–Kier alpha value is -1.12. The number of rotatable bonds is 4. The third-order valence-corrected chi connectivity index (χ3v) is 4.00. The summed E-state index contributed by atoms with van der Waals surface area (Å²) in [5, 5.41) is 9.68. The summed E-state index contributed by atoms with van der Waals surface area (Å²) in [5.41, 5.74) is 5.06. The largest absolute Gasteiger partial charge is 0.396 e. The van der Waals surface area contributed by atoms with Crippen LogP contribution < -0.4 is 0 Å². The molecule has 100 valence electrons. The molecule has 0 heterocycles. The second-order valence-electron chi connectivity index (χ2n) is 5.07. The van der Waals surface area contributed by atoms with Crippen molar-refractivity contribution in [3.63, 3.8) is 0 Å². The van der Waals surface area contributed by atoms with Crippen LogP contribution in [0.5, 0.6) is 0 Å². The molecule has 2 aromatic rings. The van der Waals surface area contributed by atoms with E-state index in [2.05, 4.69) is 60.1 Å². The van der Waals surface area contributed by atoms with Crippen molar-refractivity contribution in [2.45, 2.75) is 26.2 Å². The molecule has 0 bridgehead atoms. The number of benzene rings is 2. The minimum absolute atomic E-state index is 0.151. The first-order valence-corrected chi connectivity index (χ1v) is 7.32. The topological polar surface area (TPSA) is 20.2 Å². The van der Waals surface area contributed by atoms with Gasteiger partial charge in [-0.25, -0.2) is 0 Å². The molecule has 2 heteroatoms. The van der Waals surface area contributed by atoms with Gasteiger partial charge in [0.1, 0.15) is 0 Å². The molecule has 2 rings (SSSR count). The molecule has 0 aliphatic rings. The van der Waals surface area contributed by atoms with Crippen LogP contribution in [0, 0.1) is 13.8 Å². The fourth-order valence-electron chi connectivity index (χ4n) is 2.33. The Morgan fingerprint density at radius 3 is 2.58 bits per heavy atom. The van der Waals surface area contributed by atoms with E-state index in [1.165, 1.54) is 22.3 Å². The van der Waals surface area contributed by atoms with Gasteiger partial charge >= 0.3 is 0 Å². The number of aliphatic hydroxyl groups is 1. The monoisotopic (exact) mass is 318 g/mol. The molecular weight excluding hydrogens is 300 g/mol. The average Bonchev–Trinajstić information content (AvgIpc) is 2.39. The van der Waals surface area contributed by atoms with Crippen molar-refractivity contribution in [2.24, 2.45) is 0 Å². The van der Waals surface area contributed by atoms with E-state index in [1.807, 2.05) is 12.1 Å². The molecule has 0 aliphatic carbocycles. The Balaban J connectivity index is 2.26. The zero-order valence-electron chi connectivity index (χ0n) is 11.4. The standard InChI is InChI=1S/C17H19BrO/c1-12-6-7-13(2)15(8-12)9-16(11-19)14-4-3-5-17(18)10-14/h3-8,10,16,19H,9,11H2,1-2H3. The summed E-state index contributed by atoms with van der Waals surface area (Å²) >= 11 is 3.49. The summed E-state index contributed by atoms with van der Waals surface area (Å²) in [4.78, 5) is 0. The van der Waals surface area contributed by atoms with Gasteiger partial charge in [-0.05, 0) is 49.1 Å². The van der Waals surface area contributed by atoms with E-state index >= 15 is 0 Å². The maximum Gasteiger partial charge on any atom is 0.0502 e. The number of aryl methyl sites for hydroxylation is 2. The van der Waals surface area contributed by atoms with Crippen LogP contribution in [0.15, 0.2) is 46.9 Å². The van der Waals surface area contributed by atoms with E-state index in [9.17, 15) is 5.11 Å². The predicted molar refractivity (Wildman–Crippen MR) is 83.6 cm³/mol. The Morgan fingerprint density at radius 1 is 1.11 bits per heavy atom. The summed E-state index contributed by atoms with van der Waals surface area (Å²) in [6.07, 6.45) is 0.875. The summed E-state index contributed by atoms with van der Waals surface area (Å²) < 4.78 is 1.06. The molecule has 2 aromatic carbocycles. The molecule has 1 N–H and O–H groups in total. The van der Waals surface area contributed by atoms with Crippen LogP contribution in [0.4, 0.5) is 0 Å². The highest BCUT2D eigenvalue weighted by Crippen LogP contribution is 2.25. The smallest absolute Gasteiger partial charge is 0.0502 e. The van der Waals surface area contributed by atoms with Crippen molar-refractivity contribution in [1.82, 2.24) is 0 Å². The summed E-state index contributed by atoms with van der Waals surface area (Å²) in [6, 6.07) is 14.7. The molecule has 0 saturated heterocycles.